The Morgan fingerprint density at radius 3 is 2.60 bits per heavy atom. The van der Waals surface area contributed by atoms with E-state index < -0.39 is 0 Å². The smallest absolute Gasteiger partial charge is 0.147 e. The third kappa shape index (κ3) is 2.07. The Morgan fingerprint density at radius 1 is 1.33 bits per heavy atom. The molecule has 0 bridgehead atoms. The standard InChI is InChI=1S/C10H14N4O/c1-7-12-8(2)14(13-7)6-10-4-3-9(5-11)15-10/h3-4H,5-6,11H2,1-2H3. The van der Waals surface area contributed by atoms with Crippen molar-refractivity contribution in [2.24, 2.45) is 5.73 Å². The molecule has 0 aromatic carbocycles. The SMILES string of the molecule is Cc1nc(C)n(Cc2ccc(CN)o2)n1. The van der Waals surface area contributed by atoms with Crippen LogP contribution in [0.1, 0.15) is 23.2 Å². The van der Waals surface area contributed by atoms with Gasteiger partial charge in [-0.2, -0.15) is 5.10 Å². The highest BCUT2D eigenvalue weighted by molar-refractivity contribution is 5.07. The minimum atomic E-state index is 0.426. The van der Waals surface area contributed by atoms with E-state index in [2.05, 4.69) is 10.1 Å². The molecule has 0 aliphatic carbocycles. The molecular weight excluding hydrogens is 192 g/mol. The van der Waals surface area contributed by atoms with Gasteiger partial charge < -0.3 is 10.2 Å². The zero-order valence-electron chi connectivity index (χ0n) is 8.90. The molecule has 0 saturated carbocycles. The fourth-order valence-corrected chi connectivity index (χ4v) is 1.48. The summed E-state index contributed by atoms with van der Waals surface area (Å²) in [4.78, 5) is 4.22. The molecule has 15 heavy (non-hydrogen) atoms. The van der Waals surface area contributed by atoms with Crippen molar-refractivity contribution in [3.8, 4) is 0 Å². The first-order chi connectivity index (χ1) is 7.19. The summed E-state index contributed by atoms with van der Waals surface area (Å²) in [5.74, 6) is 3.30. The van der Waals surface area contributed by atoms with E-state index in [4.69, 9.17) is 10.2 Å². The molecule has 2 aromatic rings. The molecule has 0 saturated heterocycles. The van der Waals surface area contributed by atoms with Gasteiger partial charge in [0, 0.05) is 0 Å². The van der Waals surface area contributed by atoms with Gasteiger partial charge in [-0.3, -0.25) is 0 Å². The number of rotatable bonds is 3. The molecular formula is C10H14N4O. The maximum atomic E-state index is 5.49. The molecule has 5 nitrogen and oxygen atoms in total. The summed E-state index contributed by atoms with van der Waals surface area (Å²) in [5, 5.41) is 4.25. The first kappa shape index (κ1) is 9.92. The minimum Gasteiger partial charge on any atom is -0.463 e. The van der Waals surface area contributed by atoms with Gasteiger partial charge in [0.1, 0.15) is 29.7 Å². The number of furan rings is 1. The van der Waals surface area contributed by atoms with Gasteiger partial charge in [0.05, 0.1) is 6.54 Å². The summed E-state index contributed by atoms with van der Waals surface area (Å²) in [6.45, 7) is 4.83. The Labute approximate surface area is 87.9 Å². The summed E-state index contributed by atoms with van der Waals surface area (Å²) < 4.78 is 7.30. The molecule has 0 radical (unpaired) electrons. The molecule has 0 unspecified atom stereocenters. The fraction of sp³-hybridized carbons (Fsp3) is 0.400. The zero-order valence-corrected chi connectivity index (χ0v) is 8.90. The van der Waals surface area contributed by atoms with Gasteiger partial charge in [-0.15, -0.1) is 0 Å². The van der Waals surface area contributed by atoms with Crippen LogP contribution in [-0.4, -0.2) is 14.8 Å². The van der Waals surface area contributed by atoms with Gasteiger partial charge in [-0.05, 0) is 26.0 Å². The first-order valence-corrected chi connectivity index (χ1v) is 4.84. The summed E-state index contributed by atoms with van der Waals surface area (Å²) in [5.41, 5.74) is 5.46. The molecule has 0 amide bonds. The molecule has 0 atom stereocenters. The van der Waals surface area contributed by atoms with E-state index in [0.717, 1.165) is 23.2 Å². The van der Waals surface area contributed by atoms with Crippen LogP contribution >= 0.6 is 0 Å². The molecule has 0 aliphatic rings. The van der Waals surface area contributed by atoms with Crippen LogP contribution in [0, 0.1) is 13.8 Å². The van der Waals surface area contributed by atoms with Crippen LogP contribution in [0.4, 0.5) is 0 Å². The van der Waals surface area contributed by atoms with Crippen molar-refractivity contribution >= 4 is 0 Å². The highest BCUT2D eigenvalue weighted by atomic mass is 16.3. The third-order valence-electron chi connectivity index (χ3n) is 2.19. The Hall–Kier alpha value is -1.62. The second kappa shape index (κ2) is 3.86. The van der Waals surface area contributed by atoms with E-state index in [1.165, 1.54) is 0 Å². The van der Waals surface area contributed by atoms with Crippen molar-refractivity contribution in [3.63, 3.8) is 0 Å². The number of hydrogen-bond donors (Lipinski definition) is 1. The lowest BCUT2D eigenvalue weighted by molar-refractivity contribution is 0.442. The van der Waals surface area contributed by atoms with Crippen LogP contribution in [0.3, 0.4) is 0 Å². The Morgan fingerprint density at radius 2 is 2.07 bits per heavy atom. The predicted molar refractivity (Wildman–Crippen MR) is 55.2 cm³/mol. The summed E-state index contributed by atoms with van der Waals surface area (Å²) >= 11 is 0. The maximum absolute atomic E-state index is 5.49. The largest absolute Gasteiger partial charge is 0.463 e. The van der Waals surface area contributed by atoms with Gasteiger partial charge in [-0.1, -0.05) is 0 Å². The van der Waals surface area contributed by atoms with Crippen molar-refractivity contribution in [1.29, 1.82) is 0 Å². The normalized spacial score (nSPS) is 10.9. The molecule has 80 valence electrons. The van der Waals surface area contributed by atoms with Crippen molar-refractivity contribution in [2.45, 2.75) is 26.9 Å². The van der Waals surface area contributed by atoms with Crippen LogP contribution in [0.5, 0.6) is 0 Å². The first-order valence-electron chi connectivity index (χ1n) is 4.84. The van der Waals surface area contributed by atoms with Gasteiger partial charge in [0.2, 0.25) is 0 Å². The van der Waals surface area contributed by atoms with Gasteiger partial charge in [0.15, 0.2) is 0 Å². The Balaban J connectivity index is 2.17. The van der Waals surface area contributed by atoms with Crippen LogP contribution in [0.2, 0.25) is 0 Å². The lowest BCUT2D eigenvalue weighted by Crippen LogP contribution is -2.03. The van der Waals surface area contributed by atoms with Crippen molar-refractivity contribution < 1.29 is 4.42 Å². The summed E-state index contributed by atoms with van der Waals surface area (Å²) in [7, 11) is 0. The average Bonchev–Trinajstić information content (AvgIpc) is 2.75. The molecule has 2 N–H and O–H groups in total. The van der Waals surface area contributed by atoms with E-state index in [0.29, 0.717) is 13.1 Å². The predicted octanol–water partition coefficient (Wildman–Crippen LogP) is 0.995. The van der Waals surface area contributed by atoms with Crippen LogP contribution in [0.15, 0.2) is 16.5 Å². The van der Waals surface area contributed by atoms with Crippen molar-refractivity contribution in [2.75, 3.05) is 0 Å². The Kier molecular flexibility index (Phi) is 2.55. The highest BCUT2D eigenvalue weighted by Gasteiger charge is 2.06. The number of hydrogen-bond acceptors (Lipinski definition) is 4. The molecule has 2 aromatic heterocycles. The summed E-state index contributed by atoms with van der Waals surface area (Å²) in [6, 6.07) is 3.80. The third-order valence-corrected chi connectivity index (χ3v) is 2.19. The lowest BCUT2D eigenvalue weighted by atomic mass is 10.4. The molecule has 2 heterocycles. The molecule has 0 spiro atoms. The van der Waals surface area contributed by atoms with Crippen molar-refractivity contribution in [3.05, 3.63) is 35.3 Å². The quantitative estimate of drug-likeness (QED) is 0.813. The maximum Gasteiger partial charge on any atom is 0.147 e. The van der Waals surface area contributed by atoms with Gasteiger partial charge in [0.25, 0.3) is 0 Å². The van der Waals surface area contributed by atoms with Gasteiger partial charge in [-0.25, -0.2) is 9.67 Å². The van der Waals surface area contributed by atoms with Gasteiger partial charge >= 0.3 is 0 Å². The number of nitrogens with two attached hydrogens (primary N) is 1. The van der Waals surface area contributed by atoms with Crippen LogP contribution in [0.25, 0.3) is 0 Å². The van der Waals surface area contributed by atoms with E-state index in [1.807, 2.05) is 30.7 Å². The van der Waals surface area contributed by atoms with E-state index in [-0.39, 0.29) is 0 Å². The monoisotopic (exact) mass is 206 g/mol. The lowest BCUT2D eigenvalue weighted by Gasteiger charge is -1.99. The minimum absolute atomic E-state index is 0.426. The zero-order chi connectivity index (χ0) is 10.8. The summed E-state index contributed by atoms with van der Waals surface area (Å²) in [6.07, 6.45) is 0. The van der Waals surface area contributed by atoms with Crippen LogP contribution in [-0.2, 0) is 13.1 Å². The fourth-order valence-electron chi connectivity index (χ4n) is 1.48. The second-order valence-electron chi connectivity index (χ2n) is 3.44. The molecule has 2 rings (SSSR count). The molecule has 5 heteroatoms. The Bertz CT molecular complexity index is 458. The van der Waals surface area contributed by atoms with E-state index in [9.17, 15) is 0 Å². The number of aryl methyl sites for hydroxylation is 2. The van der Waals surface area contributed by atoms with E-state index in [1.54, 1.807) is 0 Å². The highest BCUT2D eigenvalue weighted by Crippen LogP contribution is 2.09. The topological polar surface area (TPSA) is 69.9 Å². The molecule has 0 fully saturated rings. The van der Waals surface area contributed by atoms with Crippen LogP contribution < -0.4 is 5.73 Å². The van der Waals surface area contributed by atoms with E-state index >= 15 is 0 Å². The van der Waals surface area contributed by atoms with Crippen molar-refractivity contribution in [1.82, 2.24) is 14.8 Å². The number of aromatic nitrogens is 3. The number of nitrogens with zero attached hydrogens (tertiary/aromatic N) is 3. The second-order valence-corrected chi connectivity index (χ2v) is 3.44. The average molecular weight is 206 g/mol. The molecule has 0 aliphatic heterocycles.